The number of aliphatic hydroxyl groups is 1. The molecule has 2 aromatic carbocycles. The summed E-state index contributed by atoms with van der Waals surface area (Å²) < 4.78 is 7.14. The van der Waals surface area contributed by atoms with E-state index in [1.54, 1.807) is 13.4 Å². The third kappa shape index (κ3) is 2.38. The highest BCUT2D eigenvalue weighted by Crippen LogP contribution is 2.22. The summed E-state index contributed by atoms with van der Waals surface area (Å²) in [6.45, 7) is 0.466. The van der Waals surface area contributed by atoms with E-state index in [9.17, 15) is 5.11 Å². The molecule has 0 aliphatic carbocycles. The summed E-state index contributed by atoms with van der Waals surface area (Å²) in [5, 5.41) is 10.4. The van der Waals surface area contributed by atoms with Gasteiger partial charge in [0.25, 0.3) is 0 Å². The number of hydrogen-bond donors (Lipinski definition) is 1. The summed E-state index contributed by atoms with van der Waals surface area (Å²) >= 11 is 0. The first-order chi connectivity index (χ1) is 9.78. The third-order valence-electron chi connectivity index (χ3n) is 3.38. The molecule has 1 heterocycles. The lowest BCUT2D eigenvalue weighted by molar-refractivity contribution is 0.157. The zero-order chi connectivity index (χ0) is 13.9. The molecule has 1 N–H and O–H groups in total. The van der Waals surface area contributed by atoms with Gasteiger partial charge in [-0.2, -0.15) is 0 Å². The van der Waals surface area contributed by atoms with Crippen LogP contribution in [-0.2, 0) is 6.54 Å². The fourth-order valence-corrected chi connectivity index (χ4v) is 2.30. The number of aromatic nitrogens is 2. The van der Waals surface area contributed by atoms with Crippen molar-refractivity contribution in [2.24, 2.45) is 0 Å². The third-order valence-corrected chi connectivity index (χ3v) is 3.38. The van der Waals surface area contributed by atoms with Gasteiger partial charge in [0.2, 0.25) is 0 Å². The number of benzene rings is 2. The van der Waals surface area contributed by atoms with Crippen LogP contribution in [0, 0.1) is 0 Å². The number of rotatable bonds is 4. The Balaban J connectivity index is 1.86. The molecule has 0 bridgehead atoms. The van der Waals surface area contributed by atoms with Crippen molar-refractivity contribution in [3.8, 4) is 5.75 Å². The van der Waals surface area contributed by atoms with Gasteiger partial charge >= 0.3 is 0 Å². The average molecular weight is 268 g/mol. The molecule has 0 saturated carbocycles. The van der Waals surface area contributed by atoms with Gasteiger partial charge in [-0.1, -0.05) is 24.3 Å². The number of hydrogen-bond acceptors (Lipinski definition) is 3. The molecule has 3 aromatic rings. The van der Waals surface area contributed by atoms with Gasteiger partial charge in [0.05, 0.1) is 37.1 Å². The number of ether oxygens (including phenoxy) is 1. The van der Waals surface area contributed by atoms with E-state index < -0.39 is 6.10 Å². The van der Waals surface area contributed by atoms with E-state index in [2.05, 4.69) is 4.98 Å². The van der Waals surface area contributed by atoms with Crippen LogP contribution in [0.5, 0.6) is 5.75 Å². The Morgan fingerprint density at radius 3 is 2.90 bits per heavy atom. The molecule has 0 radical (unpaired) electrons. The van der Waals surface area contributed by atoms with Crippen molar-refractivity contribution in [1.29, 1.82) is 0 Å². The molecule has 1 atom stereocenters. The maximum Gasteiger partial charge on any atom is 0.119 e. The fraction of sp³-hybridized carbons (Fsp3) is 0.188. The number of para-hydroxylation sites is 2. The Morgan fingerprint density at radius 2 is 2.05 bits per heavy atom. The molecule has 102 valence electrons. The SMILES string of the molecule is COc1cccc(C(O)Cn2cnc3ccccc32)c1. The summed E-state index contributed by atoms with van der Waals surface area (Å²) in [6.07, 6.45) is 1.16. The van der Waals surface area contributed by atoms with Crippen LogP contribution in [-0.4, -0.2) is 21.8 Å². The van der Waals surface area contributed by atoms with Crippen LogP contribution in [0.15, 0.2) is 54.9 Å². The molecule has 0 aliphatic rings. The van der Waals surface area contributed by atoms with E-state index in [1.165, 1.54) is 0 Å². The minimum Gasteiger partial charge on any atom is -0.497 e. The molecular weight excluding hydrogens is 252 g/mol. The highest BCUT2D eigenvalue weighted by molar-refractivity contribution is 5.74. The molecule has 0 amide bonds. The van der Waals surface area contributed by atoms with Crippen LogP contribution in [0.1, 0.15) is 11.7 Å². The van der Waals surface area contributed by atoms with Gasteiger partial charge < -0.3 is 14.4 Å². The molecule has 4 nitrogen and oxygen atoms in total. The van der Waals surface area contributed by atoms with Crippen molar-refractivity contribution in [3.05, 3.63) is 60.4 Å². The van der Waals surface area contributed by atoms with E-state index in [4.69, 9.17) is 4.74 Å². The highest BCUT2D eigenvalue weighted by atomic mass is 16.5. The van der Waals surface area contributed by atoms with Crippen molar-refractivity contribution in [2.75, 3.05) is 7.11 Å². The molecule has 1 unspecified atom stereocenters. The van der Waals surface area contributed by atoms with Gasteiger partial charge in [-0.05, 0) is 29.8 Å². The molecule has 0 saturated heterocycles. The van der Waals surface area contributed by atoms with Crippen molar-refractivity contribution in [2.45, 2.75) is 12.6 Å². The van der Waals surface area contributed by atoms with E-state index in [1.807, 2.05) is 53.1 Å². The van der Waals surface area contributed by atoms with Crippen LogP contribution in [0.4, 0.5) is 0 Å². The molecule has 3 rings (SSSR count). The largest absolute Gasteiger partial charge is 0.497 e. The van der Waals surface area contributed by atoms with Crippen molar-refractivity contribution < 1.29 is 9.84 Å². The molecular formula is C16H16N2O2. The van der Waals surface area contributed by atoms with Gasteiger partial charge in [0.15, 0.2) is 0 Å². The fourth-order valence-electron chi connectivity index (χ4n) is 2.30. The summed E-state index contributed by atoms with van der Waals surface area (Å²) in [5.41, 5.74) is 2.79. The maximum absolute atomic E-state index is 10.4. The second kappa shape index (κ2) is 5.35. The van der Waals surface area contributed by atoms with Crippen molar-refractivity contribution in [3.63, 3.8) is 0 Å². The standard InChI is InChI=1S/C16H16N2O2/c1-20-13-6-4-5-12(9-13)16(19)10-18-11-17-14-7-2-3-8-15(14)18/h2-9,11,16,19H,10H2,1H3. The first-order valence-electron chi connectivity index (χ1n) is 6.50. The molecule has 20 heavy (non-hydrogen) atoms. The lowest BCUT2D eigenvalue weighted by atomic mass is 10.1. The van der Waals surface area contributed by atoms with Crippen molar-refractivity contribution in [1.82, 2.24) is 9.55 Å². The summed E-state index contributed by atoms with van der Waals surface area (Å²) in [6, 6.07) is 15.4. The van der Waals surface area contributed by atoms with Crippen molar-refractivity contribution >= 4 is 11.0 Å². The summed E-state index contributed by atoms with van der Waals surface area (Å²) in [7, 11) is 1.62. The summed E-state index contributed by atoms with van der Waals surface area (Å²) in [4.78, 5) is 4.33. The number of aliphatic hydroxyl groups excluding tert-OH is 1. The van der Waals surface area contributed by atoms with Crippen LogP contribution >= 0.6 is 0 Å². The van der Waals surface area contributed by atoms with Crippen LogP contribution in [0.25, 0.3) is 11.0 Å². The van der Waals surface area contributed by atoms with E-state index in [-0.39, 0.29) is 0 Å². The van der Waals surface area contributed by atoms with Gasteiger partial charge in [-0.3, -0.25) is 0 Å². The van der Waals surface area contributed by atoms with Crippen LogP contribution in [0.3, 0.4) is 0 Å². The van der Waals surface area contributed by atoms with Gasteiger partial charge in [0, 0.05) is 0 Å². The topological polar surface area (TPSA) is 47.3 Å². The Morgan fingerprint density at radius 1 is 1.20 bits per heavy atom. The van der Waals surface area contributed by atoms with E-state index in [0.29, 0.717) is 6.54 Å². The Kier molecular flexibility index (Phi) is 3.39. The van der Waals surface area contributed by atoms with Gasteiger partial charge in [0.1, 0.15) is 5.75 Å². The predicted molar refractivity (Wildman–Crippen MR) is 77.7 cm³/mol. The summed E-state index contributed by atoms with van der Waals surface area (Å²) in [5.74, 6) is 0.747. The number of methoxy groups -OCH3 is 1. The average Bonchev–Trinajstić information content (AvgIpc) is 2.90. The number of fused-ring (bicyclic) bond motifs is 1. The Labute approximate surface area is 117 Å². The number of nitrogens with zero attached hydrogens (tertiary/aromatic N) is 2. The zero-order valence-electron chi connectivity index (χ0n) is 11.2. The van der Waals surface area contributed by atoms with E-state index >= 15 is 0 Å². The highest BCUT2D eigenvalue weighted by Gasteiger charge is 2.11. The molecule has 1 aromatic heterocycles. The van der Waals surface area contributed by atoms with Gasteiger partial charge in [-0.25, -0.2) is 4.98 Å². The Bertz CT molecular complexity index is 721. The monoisotopic (exact) mass is 268 g/mol. The molecule has 0 spiro atoms. The van der Waals surface area contributed by atoms with Gasteiger partial charge in [-0.15, -0.1) is 0 Å². The predicted octanol–water partition coefficient (Wildman–Crippen LogP) is 2.78. The normalized spacial score (nSPS) is 12.5. The molecule has 4 heteroatoms. The minimum atomic E-state index is -0.595. The molecule has 0 fully saturated rings. The smallest absolute Gasteiger partial charge is 0.119 e. The first kappa shape index (κ1) is 12.7. The maximum atomic E-state index is 10.4. The second-order valence-corrected chi connectivity index (χ2v) is 4.68. The Hall–Kier alpha value is -2.33. The first-order valence-corrected chi connectivity index (χ1v) is 6.50. The lowest BCUT2D eigenvalue weighted by Gasteiger charge is -2.13. The molecule has 0 aliphatic heterocycles. The number of imidazole rings is 1. The van der Waals surface area contributed by atoms with E-state index in [0.717, 1.165) is 22.3 Å². The second-order valence-electron chi connectivity index (χ2n) is 4.68. The minimum absolute atomic E-state index is 0.466. The van der Waals surface area contributed by atoms with Crippen LogP contribution < -0.4 is 4.74 Å². The zero-order valence-corrected chi connectivity index (χ0v) is 11.2. The van der Waals surface area contributed by atoms with Crippen LogP contribution in [0.2, 0.25) is 0 Å². The quantitative estimate of drug-likeness (QED) is 0.791. The lowest BCUT2D eigenvalue weighted by Crippen LogP contribution is -2.07.